The molecule has 3 aromatic rings. The van der Waals surface area contributed by atoms with E-state index < -0.39 is 0 Å². The average molecular weight is 384 g/mol. The molecule has 0 aliphatic rings. The molecule has 0 radical (unpaired) electrons. The molecule has 2 aromatic carbocycles. The van der Waals surface area contributed by atoms with Gasteiger partial charge in [0.2, 0.25) is 0 Å². The zero-order valence-electron chi connectivity index (χ0n) is 9.94. The van der Waals surface area contributed by atoms with Crippen LogP contribution in [0.5, 0.6) is 0 Å². The van der Waals surface area contributed by atoms with Crippen molar-refractivity contribution in [2.24, 2.45) is 5.73 Å². The topological polar surface area (TPSA) is 39.2 Å². The highest BCUT2D eigenvalue weighted by atomic mass is 127. The summed E-state index contributed by atoms with van der Waals surface area (Å²) in [4.78, 5) is 0. The van der Waals surface area contributed by atoms with E-state index in [1.807, 2.05) is 48.5 Å². The van der Waals surface area contributed by atoms with Crippen LogP contribution in [0.25, 0.3) is 11.0 Å². The van der Waals surface area contributed by atoms with Crippen molar-refractivity contribution in [3.63, 3.8) is 0 Å². The molecule has 4 heteroatoms. The van der Waals surface area contributed by atoms with Gasteiger partial charge in [-0.2, -0.15) is 0 Å². The molecule has 1 atom stereocenters. The van der Waals surface area contributed by atoms with E-state index in [-0.39, 0.29) is 6.04 Å². The van der Waals surface area contributed by atoms with Gasteiger partial charge < -0.3 is 10.2 Å². The van der Waals surface area contributed by atoms with E-state index in [9.17, 15) is 0 Å². The SMILES string of the molecule is NC(c1ccc(I)c(Cl)c1)c1cc2ccccc2o1. The van der Waals surface area contributed by atoms with E-state index in [4.69, 9.17) is 21.8 Å². The largest absolute Gasteiger partial charge is 0.459 e. The van der Waals surface area contributed by atoms with Gasteiger partial charge in [-0.05, 0) is 52.4 Å². The van der Waals surface area contributed by atoms with Gasteiger partial charge in [-0.3, -0.25) is 0 Å². The maximum Gasteiger partial charge on any atom is 0.134 e. The summed E-state index contributed by atoms with van der Waals surface area (Å²) in [7, 11) is 0. The molecule has 2 N–H and O–H groups in total. The van der Waals surface area contributed by atoms with Gasteiger partial charge in [0, 0.05) is 8.96 Å². The van der Waals surface area contributed by atoms with Crippen LogP contribution in [0, 0.1) is 3.57 Å². The third kappa shape index (κ3) is 2.50. The molecule has 1 aromatic heterocycles. The van der Waals surface area contributed by atoms with Crippen LogP contribution in [0.2, 0.25) is 5.02 Å². The van der Waals surface area contributed by atoms with E-state index in [0.717, 1.165) is 25.9 Å². The lowest BCUT2D eigenvalue weighted by Gasteiger charge is -2.10. The minimum absolute atomic E-state index is 0.304. The highest BCUT2D eigenvalue weighted by molar-refractivity contribution is 14.1. The molecule has 0 saturated heterocycles. The second-order valence-corrected chi connectivity index (χ2v) is 5.91. The van der Waals surface area contributed by atoms with Gasteiger partial charge >= 0.3 is 0 Å². The lowest BCUT2D eigenvalue weighted by atomic mass is 10.1. The van der Waals surface area contributed by atoms with Crippen LogP contribution in [-0.2, 0) is 0 Å². The molecular formula is C15H11ClINO. The van der Waals surface area contributed by atoms with E-state index in [2.05, 4.69) is 22.6 Å². The number of hydrogen-bond donors (Lipinski definition) is 1. The summed E-state index contributed by atoms with van der Waals surface area (Å²) in [6.45, 7) is 0. The van der Waals surface area contributed by atoms with Gasteiger partial charge in [0.1, 0.15) is 11.3 Å². The van der Waals surface area contributed by atoms with E-state index in [1.165, 1.54) is 0 Å². The van der Waals surface area contributed by atoms with Crippen molar-refractivity contribution in [3.8, 4) is 0 Å². The molecule has 0 fully saturated rings. The maximum absolute atomic E-state index is 6.24. The Labute approximate surface area is 129 Å². The summed E-state index contributed by atoms with van der Waals surface area (Å²) in [6.07, 6.45) is 0. The van der Waals surface area contributed by atoms with Crippen molar-refractivity contribution in [2.45, 2.75) is 6.04 Å². The minimum Gasteiger partial charge on any atom is -0.459 e. The first-order valence-electron chi connectivity index (χ1n) is 5.84. The number of benzene rings is 2. The molecule has 0 amide bonds. The molecule has 96 valence electrons. The standard InChI is InChI=1S/C15H11ClINO/c16-11-7-10(5-6-12(11)17)15(18)14-8-9-3-1-2-4-13(9)19-14/h1-8,15H,18H2. The van der Waals surface area contributed by atoms with Crippen molar-refractivity contribution >= 4 is 45.2 Å². The first kappa shape index (κ1) is 13.0. The monoisotopic (exact) mass is 383 g/mol. The number of para-hydroxylation sites is 1. The molecule has 0 spiro atoms. The van der Waals surface area contributed by atoms with Gasteiger partial charge in [-0.1, -0.05) is 35.9 Å². The van der Waals surface area contributed by atoms with Crippen LogP contribution >= 0.6 is 34.2 Å². The molecule has 0 bridgehead atoms. The Balaban J connectivity index is 2.02. The highest BCUT2D eigenvalue weighted by Gasteiger charge is 2.15. The van der Waals surface area contributed by atoms with E-state index in [1.54, 1.807) is 0 Å². The van der Waals surface area contributed by atoms with Gasteiger partial charge in [-0.25, -0.2) is 0 Å². The Kier molecular flexibility index (Phi) is 3.52. The maximum atomic E-state index is 6.24. The third-order valence-corrected chi connectivity index (χ3v) is 4.63. The van der Waals surface area contributed by atoms with Gasteiger partial charge in [0.05, 0.1) is 11.1 Å². The van der Waals surface area contributed by atoms with Crippen LogP contribution in [0.3, 0.4) is 0 Å². The number of hydrogen-bond acceptors (Lipinski definition) is 2. The quantitative estimate of drug-likeness (QED) is 0.649. The Morgan fingerprint density at radius 1 is 1.11 bits per heavy atom. The lowest BCUT2D eigenvalue weighted by Crippen LogP contribution is -2.10. The molecule has 0 aliphatic heterocycles. The van der Waals surface area contributed by atoms with Crippen molar-refractivity contribution in [3.05, 3.63) is 68.4 Å². The predicted octanol–water partition coefficient (Wildman–Crippen LogP) is 4.74. The molecule has 3 rings (SSSR count). The zero-order valence-corrected chi connectivity index (χ0v) is 12.9. The Morgan fingerprint density at radius 3 is 2.63 bits per heavy atom. The molecular weight excluding hydrogens is 373 g/mol. The fraction of sp³-hybridized carbons (Fsp3) is 0.0667. The van der Waals surface area contributed by atoms with Crippen LogP contribution in [0.15, 0.2) is 52.9 Å². The molecule has 0 aliphatic carbocycles. The first-order valence-corrected chi connectivity index (χ1v) is 7.30. The number of fused-ring (bicyclic) bond motifs is 1. The predicted molar refractivity (Wildman–Crippen MR) is 86.4 cm³/mol. The summed E-state index contributed by atoms with van der Waals surface area (Å²) in [5.41, 5.74) is 8.04. The highest BCUT2D eigenvalue weighted by Crippen LogP contribution is 2.29. The van der Waals surface area contributed by atoms with Crippen LogP contribution in [-0.4, -0.2) is 0 Å². The fourth-order valence-corrected chi connectivity index (χ4v) is 2.55. The average Bonchev–Trinajstić information content (AvgIpc) is 2.85. The smallest absolute Gasteiger partial charge is 0.134 e. The van der Waals surface area contributed by atoms with E-state index in [0.29, 0.717) is 5.02 Å². The number of rotatable bonds is 2. The lowest BCUT2D eigenvalue weighted by molar-refractivity contribution is 0.525. The Hall–Kier alpha value is -1.04. The summed E-state index contributed by atoms with van der Waals surface area (Å²) in [6, 6.07) is 15.4. The Morgan fingerprint density at radius 2 is 1.89 bits per heavy atom. The summed E-state index contributed by atoms with van der Waals surface area (Å²) in [5, 5.41) is 1.77. The van der Waals surface area contributed by atoms with Crippen molar-refractivity contribution < 1.29 is 4.42 Å². The zero-order chi connectivity index (χ0) is 13.4. The van der Waals surface area contributed by atoms with Gasteiger partial charge in [0.15, 0.2) is 0 Å². The summed E-state index contributed by atoms with van der Waals surface area (Å²) < 4.78 is 6.80. The Bertz CT molecular complexity index is 705. The number of halogens is 2. The molecule has 2 nitrogen and oxygen atoms in total. The third-order valence-electron chi connectivity index (χ3n) is 3.05. The fourth-order valence-electron chi connectivity index (χ4n) is 2.03. The first-order chi connectivity index (χ1) is 9.15. The number of furan rings is 1. The normalized spacial score (nSPS) is 12.8. The van der Waals surface area contributed by atoms with Crippen LogP contribution in [0.1, 0.15) is 17.4 Å². The molecule has 1 unspecified atom stereocenters. The van der Waals surface area contributed by atoms with Crippen molar-refractivity contribution in [1.29, 1.82) is 0 Å². The van der Waals surface area contributed by atoms with Crippen LogP contribution in [0.4, 0.5) is 0 Å². The molecule has 1 heterocycles. The number of nitrogens with two attached hydrogens (primary N) is 1. The second kappa shape index (κ2) is 5.15. The minimum atomic E-state index is -0.304. The second-order valence-electron chi connectivity index (χ2n) is 4.34. The summed E-state index contributed by atoms with van der Waals surface area (Å²) in [5.74, 6) is 0.749. The molecule has 19 heavy (non-hydrogen) atoms. The molecule has 0 saturated carbocycles. The summed E-state index contributed by atoms with van der Waals surface area (Å²) >= 11 is 8.32. The van der Waals surface area contributed by atoms with Gasteiger partial charge in [0.25, 0.3) is 0 Å². The van der Waals surface area contributed by atoms with Crippen molar-refractivity contribution in [2.75, 3.05) is 0 Å². The van der Waals surface area contributed by atoms with Crippen LogP contribution < -0.4 is 5.73 Å². The van der Waals surface area contributed by atoms with Crippen molar-refractivity contribution in [1.82, 2.24) is 0 Å². The van der Waals surface area contributed by atoms with Gasteiger partial charge in [-0.15, -0.1) is 0 Å². The van der Waals surface area contributed by atoms with E-state index >= 15 is 0 Å².